The van der Waals surface area contributed by atoms with Gasteiger partial charge in [0.25, 0.3) is 0 Å². The van der Waals surface area contributed by atoms with Crippen LogP contribution in [0.5, 0.6) is 0 Å². The Labute approximate surface area is 101 Å². The summed E-state index contributed by atoms with van der Waals surface area (Å²) in [6, 6.07) is 2.02. The first-order valence-electron chi connectivity index (χ1n) is 5.80. The van der Waals surface area contributed by atoms with Gasteiger partial charge in [-0.2, -0.15) is 0 Å². The van der Waals surface area contributed by atoms with Crippen LogP contribution in [0, 0.1) is 13.8 Å². The smallest absolute Gasteiger partial charge is 0.239 e. The van der Waals surface area contributed by atoms with Gasteiger partial charge in [-0.3, -0.25) is 4.79 Å². The number of rotatable bonds is 2. The van der Waals surface area contributed by atoms with Crippen molar-refractivity contribution in [3.8, 4) is 0 Å². The average molecular weight is 234 g/mol. The summed E-state index contributed by atoms with van der Waals surface area (Å²) in [5, 5.41) is 2.81. The van der Waals surface area contributed by atoms with E-state index in [0.29, 0.717) is 19.6 Å². The first-order chi connectivity index (χ1) is 8.11. The lowest BCUT2D eigenvalue weighted by atomic mass is 10.1. The van der Waals surface area contributed by atoms with Crippen molar-refractivity contribution in [2.75, 3.05) is 24.5 Å². The zero-order valence-corrected chi connectivity index (χ0v) is 10.3. The molecule has 1 amide bonds. The second-order valence-corrected chi connectivity index (χ2v) is 4.36. The standard InChI is InChI=1S/C12H18N4O/c1-8-5-9(2)15-12(10(8)6-13)16-4-3-14-11(17)7-16/h5H,3-4,6-7,13H2,1-2H3,(H,14,17). The number of aryl methyl sites for hydroxylation is 2. The van der Waals surface area contributed by atoms with Gasteiger partial charge < -0.3 is 16.0 Å². The molecule has 1 saturated heterocycles. The molecule has 0 bridgehead atoms. The molecule has 3 N–H and O–H groups in total. The van der Waals surface area contributed by atoms with E-state index in [-0.39, 0.29) is 5.91 Å². The van der Waals surface area contributed by atoms with Gasteiger partial charge in [-0.1, -0.05) is 0 Å². The Balaban J connectivity index is 2.39. The highest BCUT2D eigenvalue weighted by atomic mass is 16.2. The number of pyridine rings is 1. The molecular weight excluding hydrogens is 216 g/mol. The number of aromatic nitrogens is 1. The third-order valence-electron chi connectivity index (χ3n) is 3.00. The molecule has 5 nitrogen and oxygen atoms in total. The van der Waals surface area contributed by atoms with E-state index in [1.54, 1.807) is 0 Å². The Hall–Kier alpha value is -1.62. The number of hydrogen-bond donors (Lipinski definition) is 2. The highest BCUT2D eigenvalue weighted by molar-refractivity contribution is 5.82. The fraction of sp³-hybridized carbons (Fsp3) is 0.500. The van der Waals surface area contributed by atoms with Crippen LogP contribution < -0.4 is 16.0 Å². The Bertz CT molecular complexity index is 444. The third-order valence-corrected chi connectivity index (χ3v) is 3.00. The molecule has 17 heavy (non-hydrogen) atoms. The number of anilines is 1. The largest absolute Gasteiger partial charge is 0.353 e. The van der Waals surface area contributed by atoms with Gasteiger partial charge in [0.1, 0.15) is 5.82 Å². The molecule has 0 atom stereocenters. The fourth-order valence-electron chi connectivity index (χ4n) is 2.18. The van der Waals surface area contributed by atoms with Gasteiger partial charge in [0.15, 0.2) is 0 Å². The maximum atomic E-state index is 11.4. The Morgan fingerprint density at radius 2 is 2.29 bits per heavy atom. The van der Waals surface area contributed by atoms with Crippen molar-refractivity contribution in [2.24, 2.45) is 5.73 Å². The van der Waals surface area contributed by atoms with Crippen molar-refractivity contribution in [3.05, 3.63) is 22.9 Å². The van der Waals surface area contributed by atoms with Gasteiger partial charge >= 0.3 is 0 Å². The van der Waals surface area contributed by atoms with Crippen LogP contribution in [0.3, 0.4) is 0 Å². The van der Waals surface area contributed by atoms with Gasteiger partial charge in [-0.05, 0) is 25.5 Å². The first-order valence-corrected chi connectivity index (χ1v) is 5.80. The zero-order chi connectivity index (χ0) is 12.4. The van der Waals surface area contributed by atoms with E-state index in [1.807, 2.05) is 24.8 Å². The van der Waals surface area contributed by atoms with Crippen LogP contribution in [0.2, 0.25) is 0 Å². The van der Waals surface area contributed by atoms with E-state index in [0.717, 1.165) is 29.2 Å². The topological polar surface area (TPSA) is 71.2 Å². The minimum absolute atomic E-state index is 0.0418. The number of carbonyl (C=O) groups excluding carboxylic acids is 1. The molecule has 0 aromatic carbocycles. The number of amides is 1. The number of nitrogens with two attached hydrogens (primary N) is 1. The highest BCUT2D eigenvalue weighted by Crippen LogP contribution is 2.22. The van der Waals surface area contributed by atoms with E-state index in [2.05, 4.69) is 10.3 Å². The average Bonchev–Trinajstić information content (AvgIpc) is 2.28. The summed E-state index contributed by atoms with van der Waals surface area (Å²) in [5.74, 6) is 0.903. The van der Waals surface area contributed by atoms with Crippen LogP contribution >= 0.6 is 0 Å². The minimum atomic E-state index is 0.0418. The molecule has 2 heterocycles. The van der Waals surface area contributed by atoms with Crippen molar-refractivity contribution in [1.82, 2.24) is 10.3 Å². The summed E-state index contributed by atoms with van der Waals surface area (Å²) < 4.78 is 0. The molecule has 2 rings (SSSR count). The summed E-state index contributed by atoms with van der Waals surface area (Å²) in [6.07, 6.45) is 0. The third kappa shape index (κ3) is 2.39. The molecule has 0 saturated carbocycles. The minimum Gasteiger partial charge on any atom is -0.353 e. The molecular formula is C12H18N4O. The molecule has 0 radical (unpaired) electrons. The quantitative estimate of drug-likeness (QED) is 0.761. The first kappa shape index (κ1) is 11.9. The molecule has 1 fully saturated rings. The van der Waals surface area contributed by atoms with E-state index in [9.17, 15) is 4.79 Å². The van der Waals surface area contributed by atoms with Crippen molar-refractivity contribution >= 4 is 11.7 Å². The normalized spacial score (nSPS) is 15.9. The Morgan fingerprint density at radius 1 is 1.53 bits per heavy atom. The summed E-state index contributed by atoms with van der Waals surface area (Å²) in [6.45, 7) is 6.26. The van der Waals surface area contributed by atoms with Crippen molar-refractivity contribution < 1.29 is 4.79 Å². The fourth-order valence-corrected chi connectivity index (χ4v) is 2.18. The van der Waals surface area contributed by atoms with E-state index in [4.69, 9.17) is 5.73 Å². The molecule has 0 spiro atoms. The highest BCUT2D eigenvalue weighted by Gasteiger charge is 2.20. The maximum absolute atomic E-state index is 11.4. The van der Waals surface area contributed by atoms with Gasteiger partial charge in [0.05, 0.1) is 6.54 Å². The monoisotopic (exact) mass is 234 g/mol. The van der Waals surface area contributed by atoms with Gasteiger partial charge in [-0.15, -0.1) is 0 Å². The molecule has 0 unspecified atom stereocenters. The van der Waals surface area contributed by atoms with Crippen LogP contribution in [0.25, 0.3) is 0 Å². The SMILES string of the molecule is Cc1cc(C)c(CN)c(N2CCNC(=O)C2)n1. The lowest BCUT2D eigenvalue weighted by Gasteiger charge is -2.30. The molecule has 1 aliphatic rings. The van der Waals surface area contributed by atoms with Gasteiger partial charge in [-0.25, -0.2) is 4.98 Å². The molecule has 0 aliphatic carbocycles. The second-order valence-electron chi connectivity index (χ2n) is 4.36. The van der Waals surface area contributed by atoms with E-state index in [1.165, 1.54) is 0 Å². The number of nitrogens with zero attached hydrogens (tertiary/aromatic N) is 2. The van der Waals surface area contributed by atoms with Gasteiger partial charge in [0, 0.05) is 30.9 Å². The van der Waals surface area contributed by atoms with Crippen LogP contribution in [-0.4, -0.2) is 30.5 Å². The van der Waals surface area contributed by atoms with Crippen LogP contribution in [0.1, 0.15) is 16.8 Å². The van der Waals surface area contributed by atoms with Crippen molar-refractivity contribution in [2.45, 2.75) is 20.4 Å². The predicted octanol–water partition coefficient (Wildman–Crippen LogP) is 0.0933. The van der Waals surface area contributed by atoms with Crippen LogP contribution in [-0.2, 0) is 11.3 Å². The van der Waals surface area contributed by atoms with Crippen LogP contribution in [0.15, 0.2) is 6.07 Å². The summed E-state index contributed by atoms with van der Waals surface area (Å²) in [4.78, 5) is 17.9. The molecule has 92 valence electrons. The number of nitrogens with one attached hydrogen (secondary N) is 1. The van der Waals surface area contributed by atoms with Crippen molar-refractivity contribution in [1.29, 1.82) is 0 Å². The molecule has 5 heteroatoms. The Morgan fingerprint density at radius 3 is 2.94 bits per heavy atom. The van der Waals surface area contributed by atoms with E-state index >= 15 is 0 Å². The summed E-state index contributed by atoms with van der Waals surface area (Å²) in [5.41, 5.74) is 8.91. The zero-order valence-electron chi connectivity index (χ0n) is 10.3. The number of hydrogen-bond acceptors (Lipinski definition) is 4. The predicted molar refractivity (Wildman–Crippen MR) is 66.8 cm³/mol. The number of carbonyl (C=O) groups is 1. The second kappa shape index (κ2) is 4.71. The lowest BCUT2D eigenvalue weighted by molar-refractivity contribution is -0.120. The van der Waals surface area contributed by atoms with Crippen LogP contribution in [0.4, 0.5) is 5.82 Å². The molecule has 1 aromatic rings. The Kier molecular flexibility index (Phi) is 3.28. The maximum Gasteiger partial charge on any atom is 0.239 e. The summed E-state index contributed by atoms with van der Waals surface area (Å²) in [7, 11) is 0. The molecule has 1 aromatic heterocycles. The lowest BCUT2D eigenvalue weighted by Crippen LogP contribution is -2.48. The van der Waals surface area contributed by atoms with E-state index < -0.39 is 0 Å². The summed E-state index contributed by atoms with van der Waals surface area (Å²) >= 11 is 0. The van der Waals surface area contributed by atoms with Gasteiger partial charge in [0.2, 0.25) is 5.91 Å². The number of piperazine rings is 1. The molecule has 1 aliphatic heterocycles. The van der Waals surface area contributed by atoms with Crippen molar-refractivity contribution in [3.63, 3.8) is 0 Å².